The standard InChI is InChI=1S/C19H39IO5/c1-3-19(2)18-25-17-16-24-15-14-23-13-12-22-11-10-21-9-7-5-4-6-8-20/h19H,3-18H2,1-2H3. The molecule has 0 aliphatic heterocycles. The fourth-order valence-corrected chi connectivity index (χ4v) is 2.47. The van der Waals surface area contributed by atoms with E-state index >= 15 is 0 Å². The number of hydrogen-bond acceptors (Lipinski definition) is 5. The highest BCUT2D eigenvalue weighted by Gasteiger charge is 1.98. The molecule has 0 aliphatic carbocycles. The Bertz CT molecular complexity index is 244. The van der Waals surface area contributed by atoms with Gasteiger partial charge in [0.05, 0.1) is 52.9 Å². The van der Waals surface area contributed by atoms with Crippen molar-refractivity contribution in [3.63, 3.8) is 0 Å². The largest absolute Gasteiger partial charge is 0.379 e. The number of hydrogen-bond donors (Lipinski definition) is 0. The molecule has 1 unspecified atom stereocenters. The van der Waals surface area contributed by atoms with Crippen molar-refractivity contribution >= 4 is 22.6 Å². The van der Waals surface area contributed by atoms with E-state index in [1.165, 1.54) is 23.7 Å². The molecule has 0 aromatic rings. The van der Waals surface area contributed by atoms with Gasteiger partial charge in [0.1, 0.15) is 0 Å². The highest BCUT2D eigenvalue weighted by molar-refractivity contribution is 14.1. The summed E-state index contributed by atoms with van der Waals surface area (Å²) in [7, 11) is 0. The van der Waals surface area contributed by atoms with Crippen LogP contribution in [0.4, 0.5) is 0 Å². The third-order valence-corrected chi connectivity index (χ3v) is 4.52. The molecule has 0 heterocycles. The van der Waals surface area contributed by atoms with Crippen LogP contribution in [0.15, 0.2) is 0 Å². The molecule has 0 saturated carbocycles. The van der Waals surface area contributed by atoms with E-state index in [-0.39, 0.29) is 0 Å². The van der Waals surface area contributed by atoms with Crippen molar-refractivity contribution in [3.8, 4) is 0 Å². The lowest BCUT2D eigenvalue weighted by molar-refractivity contribution is -0.0133. The lowest BCUT2D eigenvalue weighted by Crippen LogP contribution is -2.14. The van der Waals surface area contributed by atoms with Crippen molar-refractivity contribution in [2.45, 2.75) is 46.0 Å². The van der Waals surface area contributed by atoms with Crippen LogP contribution >= 0.6 is 22.6 Å². The van der Waals surface area contributed by atoms with Crippen LogP contribution in [0, 0.1) is 5.92 Å². The van der Waals surface area contributed by atoms with Gasteiger partial charge in [-0.1, -0.05) is 55.7 Å². The Morgan fingerprint density at radius 3 is 1.52 bits per heavy atom. The fourth-order valence-electron chi connectivity index (χ4n) is 1.93. The van der Waals surface area contributed by atoms with Crippen LogP contribution in [-0.2, 0) is 23.7 Å². The molecular formula is C19H39IO5. The molecule has 0 saturated heterocycles. The molecule has 0 bridgehead atoms. The summed E-state index contributed by atoms with van der Waals surface area (Å²) in [6.07, 6.45) is 6.21. The third kappa shape index (κ3) is 22.5. The number of ether oxygens (including phenoxy) is 5. The number of alkyl halides is 1. The van der Waals surface area contributed by atoms with Gasteiger partial charge in [-0.2, -0.15) is 0 Å². The van der Waals surface area contributed by atoms with Crippen LogP contribution < -0.4 is 0 Å². The molecule has 1 atom stereocenters. The van der Waals surface area contributed by atoms with E-state index < -0.39 is 0 Å². The Morgan fingerprint density at radius 2 is 1.04 bits per heavy atom. The van der Waals surface area contributed by atoms with Gasteiger partial charge in [0.25, 0.3) is 0 Å². The molecule has 152 valence electrons. The van der Waals surface area contributed by atoms with Crippen molar-refractivity contribution in [3.05, 3.63) is 0 Å². The monoisotopic (exact) mass is 474 g/mol. The van der Waals surface area contributed by atoms with Gasteiger partial charge >= 0.3 is 0 Å². The fraction of sp³-hybridized carbons (Fsp3) is 1.00. The summed E-state index contributed by atoms with van der Waals surface area (Å²) < 4.78 is 28.6. The Kier molecular flexibility index (Phi) is 23.0. The van der Waals surface area contributed by atoms with Gasteiger partial charge in [0.15, 0.2) is 0 Å². The Morgan fingerprint density at radius 1 is 0.600 bits per heavy atom. The maximum Gasteiger partial charge on any atom is 0.0701 e. The van der Waals surface area contributed by atoms with E-state index in [1.54, 1.807) is 0 Å². The van der Waals surface area contributed by atoms with E-state index in [4.69, 9.17) is 23.7 Å². The maximum absolute atomic E-state index is 5.53. The number of unbranched alkanes of at least 4 members (excludes halogenated alkanes) is 3. The van der Waals surface area contributed by atoms with Crippen LogP contribution in [0.3, 0.4) is 0 Å². The highest BCUT2D eigenvalue weighted by Crippen LogP contribution is 2.02. The summed E-state index contributed by atoms with van der Waals surface area (Å²) in [6, 6.07) is 0. The summed E-state index contributed by atoms with van der Waals surface area (Å²) >= 11 is 2.42. The second-order valence-corrected chi connectivity index (χ2v) is 7.22. The van der Waals surface area contributed by atoms with Crippen molar-refractivity contribution in [2.24, 2.45) is 5.92 Å². The number of halogens is 1. The average molecular weight is 474 g/mol. The molecule has 0 radical (unpaired) electrons. The van der Waals surface area contributed by atoms with Crippen molar-refractivity contribution in [1.29, 1.82) is 0 Å². The average Bonchev–Trinajstić information content (AvgIpc) is 2.63. The molecule has 0 fully saturated rings. The summed E-state index contributed by atoms with van der Waals surface area (Å²) in [5, 5.41) is 0. The van der Waals surface area contributed by atoms with Gasteiger partial charge < -0.3 is 23.7 Å². The molecule has 5 nitrogen and oxygen atoms in total. The van der Waals surface area contributed by atoms with Crippen LogP contribution in [-0.4, -0.2) is 70.5 Å². The topological polar surface area (TPSA) is 46.2 Å². The lowest BCUT2D eigenvalue weighted by atomic mass is 10.1. The second-order valence-electron chi connectivity index (χ2n) is 6.14. The zero-order valence-corrected chi connectivity index (χ0v) is 18.5. The minimum absolute atomic E-state index is 0.600. The van der Waals surface area contributed by atoms with Crippen LogP contribution in [0.25, 0.3) is 0 Å². The first-order valence-corrected chi connectivity index (χ1v) is 11.3. The molecule has 6 heteroatoms. The van der Waals surface area contributed by atoms with E-state index in [0.717, 1.165) is 26.1 Å². The smallest absolute Gasteiger partial charge is 0.0701 e. The van der Waals surface area contributed by atoms with Crippen LogP contribution in [0.2, 0.25) is 0 Å². The Hall–Kier alpha value is 0.530. The van der Waals surface area contributed by atoms with Gasteiger partial charge in [-0.15, -0.1) is 0 Å². The van der Waals surface area contributed by atoms with Gasteiger partial charge in [-0.25, -0.2) is 0 Å². The van der Waals surface area contributed by atoms with Crippen molar-refractivity contribution in [1.82, 2.24) is 0 Å². The summed E-state index contributed by atoms with van der Waals surface area (Å²) in [5.74, 6) is 0.624. The molecule has 0 spiro atoms. The SMILES string of the molecule is CCC(C)COCCOCCOCCOCCOCCCCCCI. The van der Waals surface area contributed by atoms with Gasteiger partial charge in [-0.3, -0.25) is 0 Å². The summed E-state index contributed by atoms with van der Waals surface area (Å²) in [4.78, 5) is 0. The minimum atomic E-state index is 0.600. The van der Waals surface area contributed by atoms with Crippen LogP contribution in [0.5, 0.6) is 0 Å². The van der Waals surface area contributed by atoms with Gasteiger partial charge in [0, 0.05) is 13.2 Å². The Balaban J connectivity index is 2.98. The van der Waals surface area contributed by atoms with E-state index in [0.29, 0.717) is 58.8 Å². The quantitative estimate of drug-likeness (QED) is 0.142. The zero-order chi connectivity index (χ0) is 18.4. The van der Waals surface area contributed by atoms with E-state index in [2.05, 4.69) is 36.4 Å². The van der Waals surface area contributed by atoms with Gasteiger partial charge in [0.2, 0.25) is 0 Å². The predicted molar refractivity (Wildman–Crippen MR) is 111 cm³/mol. The summed E-state index contributed by atoms with van der Waals surface area (Å²) in [5.41, 5.74) is 0. The molecule has 0 aromatic heterocycles. The maximum atomic E-state index is 5.53. The zero-order valence-electron chi connectivity index (χ0n) is 16.3. The Labute approximate surface area is 168 Å². The van der Waals surface area contributed by atoms with E-state index in [9.17, 15) is 0 Å². The van der Waals surface area contributed by atoms with Gasteiger partial charge in [-0.05, 0) is 23.2 Å². The molecule has 0 aromatic carbocycles. The van der Waals surface area contributed by atoms with Crippen LogP contribution in [0.1, 0.15) is 46.0 Å². The molecule has 0 N–H and O–H groups in total. The minimum Gasteiger partial charge on any atom is -0.379 e. The molecule has 25 heavy (non-hydrogen) atoms. The number of rotatable bonds is 21. The lowest BCUT2D eigenvalue weighted by Gasteiger charge is -2.10. The molecule has 0 aliphatic rings. The van der Waals surface area contributed by atoms with E-state index in [1.807, 2.05) is 0 Å². The second kappa shape index (κ2) is 22.6. The first-order valence-electron chi connectivity index (χ1n) is 9.75. The first kappa shape index (κ1) is 25.5. The highest BCUT2D eigenvalue weighted by atomic mass is 127. The van der Waals surface area contributed by atoms with Crippen molar-refractivity contribution < 1.29 is 23.7 Å². The third-order valence-electron chi connectivity index (χ3n) is 3.76. The first-order chi connectivity index (χ1) is 12.3. The summed E-state index contributed by atoms with van der Waals surface area (Å²) in [6.45, 7) is 11.0. The predicted octanol–water partition coefficient (Wildman–Crippen LogP) is 4.11. The molecule has 0 amide bonds. The molecular weight excluding hydrogens is 435 g/mol. The normalized spacial score (nSPS) is 12.6. The molecule has 0 rings (SSSR count). The van der Waals surface area contributed by atoms with Crippen molar-refractivity contribution in [2.75, 3.05) is 70.5 Å².